The zero-order valence-electron chi connectivity index (χ0n) is 19.7. The van der Waals surface area contributed by atoms with Crippen LogP contribution < -0.4 is 4.74 Å². The SMILES string of the molecule is c1ccc(C(c2ccccc2)N2CCN(CCCCOc3ccc4ccccc4n3)CC2)cc1. The second-order valence-corrected chi connectivity index (χ2v) is 9.00. The molecule has 0 unspecified atom stereocenters. The number of fused-ring (bicyclic) bond motifs is 1. The fourth-order valence-corrected chi connectivity index (χ4v) is 4.87. The number of hydrogen-bond acceptors (Lipinski definition) is 4. The number of rotatable bonds is 9. The molecule has 0 spiro atoms. The van der Waals surface area contributed by atoms with Crippen molar-refractivity contribution >= 4 is 10.9 Å². The highest BCUT2D eigenvalue weighted by atomic mass is 16.5. The topological polar surface area (TPSA) is 28.6 Å². The minimum atomic E-state index is 0.326. The van der Waals surface area contributed by atoms with Gasteiger partial charge in [0, 0.05) is 37.6 Å². The molecule has 4 nitrogen and oxygen atoms in total. The molecular formula is C30H33N3O. The lowest BCUT2D eigenvalue weighted by Gasteiger charge is -2.39. The van der Waals surface area contributed by atoms with Gasteiger partial charge < -0.3 is 9.64 Å². The Morgan fingerprint density at radius 2 is 1.32 bits per heavy atom. The van der Waals surface area contributed by atoms with Gasteiger partial charge in [0.25, 0.3) is 0 Å². The van der Waals surface area contributed by atoms with Crippen LogP contribution in [0.5, 0.6) is 5.88 Å². The number of unbranched alkanes of at least 4 members (excludes halogenated alkanes) is 1. The number of benzene rings is 3. The Labute approximate surface area is 202 Å². The van der Waals surface area contributed by atoms with Crippen molar-refractivity contribution in [1.29, 1.82) is 0 Å². The molecule has 0 radical (unpaired) electrons. The number of piperazine rings is 1. The molecule has 0 saturated carbocycles. The van der Waals surface area contributed by atoms with Crippen molar-refractivity contribution in [3.63, 3.8) is 0 Å². The second kappa shape index (κ2) is 11.3. The third-order valence-corrected chi connectivity index (χ3v) is 6.69. The van der Waals surface area contributed by atoms with E-state index in [1.807, 2.05) is 24.3 Å². The van der Waals surface area contributed by atoms with Crippen molar-refractivity contribution in [2.24, 2.45) is 0 Å². The average Bonchev–Trinajstić information content (AvgIpc) is 2.91. The Kier molecular flexibility index (Phi) is 7.49. The fourth-order valence-electron chi connectivity index (χ4n) is 4.87. The first-order valence-corrected chi connectivity index (χ1v) is 12.4. The van der Waals surface area contributed by atoms with Crippen molar-refractivity contribution < 1.29 is 4.74 Å². The van der Waals surface area contributed by atoms with Crippen LogP contribution in [0.15, 0.2) is 97.1 Å². The maximum absolute atomic E-state index is 5.91. The second-order valence-electron chi connectivity index (χ2n) is 9.00. The van der Waals surface area contributed by atoms with E-state index in [1.165, 1.54) is 11.1 Å². The number of nitrogens with zero attached hydrogens (tertiary/aromatic N) is 3. The monoisotopic (exact) mass is 451 g/mol. The van der Waals surface area contributed by atoms with Crippen LogP contribution in [0, 0.1) is 0 Å². The molecule has 1 aliphatic rings. The molecule has 34 heavy (non-hydrogen) atoms. The highest BCUT2D eigenvalue weighted by molar-refractivity contribution is 5.78. The molecule has 1 fully saturated rings. The van der Waals surface area contributed by atoms with E-state index in [9.17, 15) is 0 Å². The molecule has 2 heterocycles. The normalized spacial score (nSPS) is 15.1. The quantitative estimate of drug-likeness (QED) is 0.301. The maximum atomic E-state index is 5.91. The molecule has 1 aliphatic heterocycles. The van der Waals surface area contributed by atoms with Gasteiger partial charge in [0.1, 0.15) is 0 Å². The highest BCUT2D eigenvalue weighted by Gasteiger charge is 2.26. The average molecular weight is 452 g/mol. The van der Waals surface area contributed by atoms with Gasteiger partial charge in [0.15, 0.2) is 0 Å². The molecule has 0 atom stereocenters. The summed E-state index contributed by atoms with van der Waals surface area (Å²) in [5.74, 6) is 0.722. The van der Waals surface area contributed by atoms with Crippen molar-refractivity contribution in [1.82, 2.24) is 14.8 Å². The Hall–Kier alpha value is -3.21. The van der Waals surface area contributed by atoms with E-state index >= 15 is 0 Å². The van der Waals surface area contributed by atoms with E-state index in [4.69, 9.17) is 4.74 Å². The fraction of sp³-hybridized carbons (Fsp3) is 0.300. The number of pyridine rings is 1. The van der Waals surface area contributed by atoms with E-state index in [0.717, 1.165) is 69.0 Å². The molecule has 0 bridgehead atoms. The van der Waals surface area contributed by atoms with Crippen LogP contribution in [-0.4, -0.2) is 54.1 Å². The Morgan fingerprint density at radius 3 is 2.03 bits per heavy atom. The van der Waals surface area contributed by atoms with E-state index in [2.05, 4.69) is 87.6 Å². The standard InChI is InChI=1S/C30H33N3O/c1-3-12-26(13-4-1)30(27-14-5-2-6-15-27)33-22-20-32(21-23-33)19-9-10-24-34-29-18-17-25-11-7-8-16-28(25)31-29/h1-8,11-18,30H,9-10,19-24H2. The molecule has 0 N–H and O–H groups in total. The van der Waals surface area contributed by atoms with Gasteiger partial charge >= 0.3 is 0 Å². The summed E-state index contributed by atoms with van der Waals surface area (Å²) in [4.78, 5) is 9.83. The molecule has 4 aromatic rings. The van der Waals surface area contributed by atoms with E-state index in [0.29, 0.717) is 6.04 Å². The largest absolute Gasteiger partial charge is 0.478 e. The van der Waals surface area contributed by atoms with Gasteiger partial charge in [0.05, 0.1) is 18.2 Å². The number of ether oxygens (including phenoxy) is 1. The van der Waals surface area contributed by atoms with Gasteiger partial charge in [-0.25, -0.2) is 4.98 Å². The van der Waals surface area contributed by atoms with Crippen molar-refractivity contribution in [3.8, 4) is 5.88 Å². The molecule has 174 valence electrons. The van der Waals surface area contributed by atoms with Crippen LogP contribution in [0.3, 0.4) is 0 Å². The summed E-state index contributed by atoms with van der Waals surface area (Å²) < 4.78 is 5.91. The summed E-state index contributed by atoms with van der Waals surface area (Å²) in [5, 5.41) is 1.15. The highest BCUT2D eigenvalue weighted by Crippen LogP contribution is 2.29. The predicted octanol–water partition coefficient (Wildman–Crippen LogP) is 5.80. The number of para-hydroxylation sites is 1. The molecule has 1 saturated heterocycles. The lowest BCUT2D eigenvalue weighted by Crippen LogP contribution is -2.48. The number of hydrogen-bond donors (Lipinski definition) is 0. The van der Waals surface area contributed by atoms with Crippen LogP contribution in [0.2, 0.25) is 0 Å². The van der Waals surface area contributed by atoms with Crippen molar-refractivity contribution in [2.75, 3.05) is 39.3 Å². The number of aromatic nitrogens is 1. The third-order valence-electron chi connectivity index (χ3n) is 6.69. The smallest absolute Gasteiger partial charge is 0.213 e. The van der Waals surface area contributed by atoms with Crippen LogP contribution in [0.1, 0.15) is 30.0 Å². The van der Waals surface area contributed by atoms with Gasteiger partial charge in [-0.1, -0.05) is 78.9 Å². The first kappa shape index (κ1) is 22.6. The third kappa shape index (κ3) is 5.64. The first-order chi connectivity index (χ1) is 16.9. The Balaban J connectivity index is 1.08. The lowest BCUT2D eigenvalue weighted by molar-refractivity contribution is 0.107. The van der Waals surface area contributed by atoms with E-state index < -0.39 is 0 Å². The molecule has 0 aliphatic carbocycles. The zero-order chi connectivity index (χ0) is 23.0. The van der Waals surface area contributed by atoms with Gasteiger partial charge in [-0.3, -0.25) is 4.90 Å². The minimum Gasteiger partial charge on any atom is -0.478 e. The lowest BCUT2D eigenvalue weighted by atomic mass is 9.96. The van der Waals surface area contributed by atoms with Crippen molar-refractivity contribution in [3.05, 3.63) is 108 Å². The molecule has 0 amide bonds. The molecule has 5 rings (SSSR count). The summed E-state index contributed by atoms with van der Waals surface area (Å²) in [6, 6.07) is 34.4. The van der Waals surface area contributed by atoms with E-state index in [1.54, 1.807) is 0 Å². The first-order valence-electron chi connectivity index (χ1n) is 12.4. The van der Waals surface area contributed by atoms with Crippen LogP contribution in [0.4, 0.5) is 0 Å². The molecule has 3 aromatic carbocycles. The van der Waals surface area contributed by atoms with Crippen molar-refractivity contribution in [2.45, 2.75) is 18.9 Å². The minimum absolute atomic E-state index is 0.326. The summed E-state index contributed by atoms with van der Waals surface area (Å²) in [7, 11) is 0. The molecule has 1 aromatic heterocycles. The molecule has 4 heteroatoms. The van der Waals surface area contributed by atoms with Gasteiger partial charge in [-0.05, 0) is 42.6 Å². The van der Waals surface area contributed by atoms with Gasteiger partial charge in [-0.2, -0.15) is 0 Å². The van der Waals surface area contributed by atoms with Crippen LogP contribution in [-0.2, 0) is 0 Å². The van der Waals surface area contributed by atoms with Crippen LogP contribution >= 0.6 is 0 Å². The van der Waals surface area contributed by atoms with Crippen LogP contribution in [0.25, 0.3) is 10.9 Å². The summed E-state index contributed by atoms with van der Waals surface area (Å²) in [6.45, 7) is 6.25. The van der Waals surface area contributed by atoms with E-state index in [-0.39, 0.29) is 0 Å². The predicted molar refractivity (Wildman–Crippen MR) is 139 cm³/mol. The van der Waals surface area contributed by atoms with Gasteiger partial charge in [-0.15, -0.1) is 0 Å². The Bertz CT molecular complexity index is 1120. The summed E-state index contributed by atoms with van der Waals surface area (Å²) in [6.07, 6.45) is 2.19. The molecular weight excluding hydrogens is 418 g/mol. The maximum Gasteiger partial charge on any atom is 0.213 e. The van der Waals surface area contributed by atoms with Gasteiger partial charge in [0.2, 0.25) is 5.88 Å². The summed E-state index contributed by atoms with van der Waals surface area (Å²) >= 11 is 0. The Morgan fingerprint density at radius 1 is 0.676 bits per heavy atom. The summed E-state index contributed by atoms with van der Waals surface area (Å²) in [5.41, 5.74) is 3.74. The zero-order valence-corrected chi connectivity index (χ0v) is 19.7.